The first-order valence-electron chi connectivity index (χ1n) is 7.98. The van der Waals surface area contributed by atoms with E-state index in [1.807, 2.05) is 25.2 Å². The summed E-state index contributed by atoms with van der Waals surface area (Å²) in [6.07, 6.45) is 0.199. The Hall–Kier alpha value is -1.79. The molecule has 1 heterocycles. The highest BCUT2D eigenvalue weighted by atomic mass is 16.5. The number of para-hydroxylation sites is 1. The molecule has 1 atom stereocenters. The van der Waals surface area contributed by atoms with Crippen molar-refractivity contribution in [3.05, 3.63) is 29.8 Å². The van der Waals surface area contributed by atoms with Gasteiger partial charge in [0.05, 0.1) is 19.8 Å². The second-order valence-electron chi connectivity index (χ2n) is 5.85. The van der Waals surface area contributed by atoms with Gasteiger partial charge < -0.3 is 24.6 Å². The lowest BCUT2D eigenvalue weighted by Gasteiger charge is -2.31. The van der Waals surface area contributed by atoms with Gasteiger partial charge in [-0.3, -0.25) is 4.99 Å². The lowest BCUT2D eigenvalue weighted by molar-refractivity contribution is -0.0163. The van der Waals surface area contributed by atoms with Crippen molar-refractivity contribution in [2.24, 2.45) is 4.99 Å². The molecular formula is C17H28N4O2. The Morgan fingerprint density at radius 2 is 2.26 bits per heavy atom. The molecule has 1 aliphatic heterocycles. The van der Waals surface area contributed by atoms with Crippen LogP contribution in [-0.4, -0.2) is 76.4 Å². The van der Waals surface area contributed by atoms with E-state index in [0.29, 0.717) is 0 Å². The van der Waals surface area contributed by atoms with Gasteiger partial charge in [-0.1, -0.05) is 18.2 Å². The van der Waals surface area contributed by atoms with Gasteiger partial charge in [0.25, 0.3) is 0 Å². The maximum atomic E-state index is 5.78. The highest BCUT2D eigenvalue weighted by molar-refractivity contribution is 5.79. The summed E-state index contributed by atoms with van der Waals surface area (Å²) in [5.74, 6) is 1.75. The van der Waals surface area contributed by atoms with Crippen LogP contribution in [0.1, 0.15) is 5.56 Å². The highest BCUT2D eigenvalue weighted by Crippen LogP contribution is 2.18. The lowest BCUT2D eigenvalue weighted by Crippen LogP contribution is -2.48. The van der Waals surface area contributed by atoms with Crippen LogP contribution < -0.4 is 10.1 Å². The zero-order valence-electron chi connectivity index (χ0n) is 14.6. The van der Waals surface area contributed by atoms with Gasteiger partial charge in [0.2, 0.25) is 0 Å². The minimum absolute atomic E-state index is 0.199. The van der Waals surface area contributed by atoms with E-state index in [2.05, 4.69) is 33.2 Å². The van der Waals surface area contributed by atoms with Gasteiger partial charge in [0.1, 0.15) is 5.75 Å². The molecule has 1 aromatic rings. The van der Waals surface area contributed by atoms with E-state index < -0.39 is 0 Å². The van der Waals surface area contributed by atoms with Crippen molar-refractivity contribution >= 4 is 5.96 Å². The minimum atomic E-state index is 0.199. The first-order valence-corrected chi connectivity index (χ1v) is 7.98. The average molecular weight is 320 g/mol. The number of hydrogen-bond acceptors (Lipinski definition) is 4. The van der Waals surface area contributed by atoms with Crippen LogP contribution in [0.2, 0.25) is 0 Å². The molecule has 128 valence electrons. The van der Waals surface area contributed by atoms with Gasteiger partial charge in [-0.15, -0.1) is 0 Å². The Bertz CT molecular complexity index is 521. The highest BCUT2D eigenvalue weighted by Gasteiger charge is 2.18. The van der Waals surface area contributed by atoms with Crippen LogP contribution in [0, 0.1) is 0 Å². The minimum Gasteiger partial charge on any atom is -0.496 e. The van der Waals surface area contributed by atoms with Crippen LogP contribution in [0.15, 0.2) is 29.3 Å². The molecule has 1 saturated heterocycles. The molecule has 0 radical (unpaired) electrons. The molecule has 2 rings (SSSR count). The normalized spacial score (nSPS) is 19.5. The number of likely N-dealkylation sites (N-methyl/N-ethyl adjacent to an activating group) is 1. The molecule has 1 aliphatic rings. The average Bonchev–Trinajstić information content (AvgIpc) is 2.56. The molecule has 1 fully saturated rings. The number of rotatable bonds is 5. The van der Waals surface area contributed by atoms with Crippen molar-refractivity contribution in [3.63, 3.8) is 0 Å². The summed E-state index contributed by atoms with van der Waals surface area (Å²) in [5, 5.41) is 3.40. The van der Waals surface area contributed by atoms with E-state index in [9.17, 15) is 0 Å². The molecule has 0 aliphatic carbocycles. The lowest BCUT2D eigenvalue weighted by atomic mass is 10.2. The van der Waals surface area contributed by atoms with Crippen molar-refractivity contribution < 1.29 is 9.47 Å². The van der Waals surface area contributed by atoms with Crippen molar-refractivity contribution in [2.45, 2.75) is 12.6 Å². The van der Waals surface area contributed by atoms with Gasteiger partial charge >= 0.3 is 0 Å². The maximum Gasteiger partial charge on any atom is 0.193 e. The van der Waals surface area contributed by atoms with Crippen LogP contribution in [0.3, 0.4) is 0 Å². The Balaban J connectivity index is 1.89. The number of guanidine groups is 1. The summed E-state index contributed by atoms with van der Waals surface area (Å²) in [4.78, 5) is 8.74. The first-order chi connectivity index (χ1) is 11.1. The summed E-state index contributed by atoms with van der Waals surface area (Å²) in [5.41, 5.74) is 1.13. The fraction of sp³-hybridized carbons (Fsp3) is 0.588. The zero-order chi connectivity index (χ0) is 16.7. The first kappa shape index (κ1) is 17.6. The zero-order valence-corrected chi connectivity index (χ0v) is 14.6. The quantitative estimate of drug-likeness (QED) is 0.649. The second kappa shape index (κ2) is 8.74. The number of methoxy groups -OCH3 is 1. The number of hydrogen-bond donors (Lipinski definition) is 1. The second-order valence-corrected chi connectivity index (χ2v) is 5.85. The third kappa shape index (κ3) is 5.11. The van der Waals surface area contributed by atoms with Gasteiger partial charge in [0.15, 0.2) is 5.96 Å². The van der Waals surface area contributed by atoms with E-state index in [1.165, 1.54) is 0 Å². The Morgan fingerprint density at radius 3 is 2.96 bits per heavy atom. The third-order valence-electron chi connectivity index (χ3n) is 4.00. The number of benzene rings is 1. The van der Waals surface area contributed by atoms with E-state index in [-0.39, 0.29) is 6.10 Å². The van der Waals surface area contributed by atoms with Crippen LogP contribution in [-0.2, 0) is 11.3 Å². The number of aliphatic imine (C=N–C) groups is 1. The number of nitrogens with one attached hydrogen (secondary N) is 1. The van der Waals surface area contributed by atoms with E-state index in [0.717, 1.165) is 50.1 Å². The maximum absolute atomic E-state index is 5.78. The van der Waals surface area contributed by atoms with Crippen LogP contribution in [0.5, 0.6) is 5.75 Å². The van der Waals surface area contributed by atoms with Crippen molar-refractivity contribution in [1.82, 2.24) is 15.1 Å². The molecule has 1 N–H and O–H groups in total. The molecule has 0 aromatic heterocycles. The molecule has 0 amide bonds. The van der Waals surface area contributed by atoms with Crippen molar-refractivity contribution in [1.29, 1.82) is 0 Å². The predicted molar refractivity (Wildman–Crippen MR) is 93.1 cm³/mol. The van der Waals surface area contributed by atoms with E-state index in [4.69, 9.17) is 9.47 Å². The van der Waals surface area contributed by atoms with Gasteiger partial charge in [-0.05, 0) is 13.1 Å². The fourth-order valence-electron chi connectivity index (χ4n) is 2.74. The standard InChI is InChI=1S/C17H28N4O2/c1-18-17(19-11-15-13-20(2)9-10-23-15)21(3)12-14-7-5-6-8-16(14)22-4/h5-8,15H,9-13H2,1-4H3,(H,18,19). The largest absolute Gasteiger partial charge is 0.496 e. The molecule has 6 nitrogen and oxygen atoms in total. The number of morpholine rings is 1. The predicted octanol–water partition coefficient (Wildman–Crippen LogP) is 1.03. The number of ether oxygens (including phenoxy) is 2. The topological polar surface area (TPSA) is 49.3 Å². The Labute approximate surface area is 139 Å². The summed E-state index contributed by atoms with van der Waals surface area (Å²) in [6, 6.07) is 8.05. The SMILES string of the molecule is CN=C(NCC1CN(C)CCO1)N(C)Cc1ccccc1OC. The molecular weight excluding hydrogens is 292 g/mol. The van der Waals surface area contributed by atoms with Crippen LogP contribution in [0.4, 0.5) is 0 Å². The monoisotopic (exact) mass is 320 g/mol. The third-order valence-corrected chi connectivity index (χ3v) is 4.00. The fourth-order valence-corrected chi connectivity index (χ4v) is 2.74. The van der Waals surface area contributed by atoms with E-state index >= 15 is 0 Å². The van der Waals surface area contributed by atoms with Gasteiger partial charge in [-0.2, -0.15) is 0 Å². The summed E-state index contributed by atoms with van der Waals surface area (Å²) in [7, 11) is 7.64. The van der Waals surface area contributed by atoms with Gasteiger partial charge in [0, 0.05) is 45.8 Å². The Kier molecular flexibility index (Phi) is 6.67. The number of nitrogens with zero attached hydrogens (tertiary/aromatic N) is 3. The molecule has 1 unspecified atom stereocenters. The smallest absolute Gasteiger partial charge is 0.193 e. The molecule has 0 saturated carbocycles. The summed E-state index contributed by atoms with van der Waals surface area (Å²) < 4.78 is 11.2. The van der Waals surface area contributed by atoms with Crippen molar-refractivity contribution in [3.8, 4) is 5.75 Å². The summed E-state index contributed by atoms with van der Waals surface area (Å²) in [6.45, 7) is 4.22. The van der Waals surface area contributed by atoms with Gasteiger partial charge in [-0.25, -0.2) is 0 Å². The molecule has 0 bridgehead atoms. The molecule has 1 aromatic carbocycles. The van der Waals surface area contributed by atoms with E-state index in [1.54, 1.807) is 14.2 Å². The van der Waals surface area contributed by atoms with Crippen molar-refractivity contribution in [2.75, 3.05) is 54.5 Å². The molecule has 0 spiro atoms. The molecule has 23 heavy (non-hydrogen) atoms. The van der Waals surface area contributed by atoms with Crippen LogP contribution in [0.25, 0.3) is 0 Å². The molecule has 6 heteroatoms. The Morgan fingerprint density at radius 1 is 1.48 bits per heavy atom. The van der Waals surface area contributed by atoms with Crippen LogP contribution >= 0.6 is 0 Å². The summed E-state index contributed by atoms with van der Waals surface area (Å²) >= 11 is 0.